The van der Waals surface area contributed by atoms with E-state index in [0.29, 0.717) is 24.3 Å². The molecule has 0 aliphatic rings. The van der Waals surface area contributed by atoms with Gasteiger partial charge in [-0.2, -0.15) is 0 Å². The van der Waals surface area contributed by atoms with E-state index < -0.39 is 0 Å². The number of amides is 2. The number of para-hydroxylation sites is 2. The molecule has 6 nitrogen and oxygen atoms in total. The highest BCUT2D eigenvalue weighted by molar-refractivity contribution is 5.97. The number of benzene rings is 2. The highest BCUT2D eigenvalue weighted by Crippen LogP contribution is 2.24. The lowest BCUT2D eigenvalue weighted by atomic mass is 10.1. The van der Waals surface area contributed by atoms with Gasteiger partial charge in [-0.25, -0.2) is 0 Å². The van der Waals surface area contributed by atoms with Crippen LogP contribution in [0.1, 0.15) is 24.2 Å². The van der Waals surface area contributed by atoms with E-state index in [4.69, 9.17) is 4.74 Å². The van der Waals surface area contributed by atoms with Crippen molar-refractivity contribution < 1.29 is 19.4 Å². The summed E-state index contributed by atoms with van der Waals surface area (Å²) in [6.45, 7) is 4.85. The van der Waals surface area contributed by atoms with E-state index in [1.54, 1.807) is 47.4 Å². The van der Waals surface area contributed by atoms with Gasteiger partial charge in [-0.1, -0.05) is 18.2 Å². The molecule has 0 aliphatic carbocycles. The number of phenolic OH excluding ortho intramolecular Hbond substituents is 1. The molecule has 0 saturated carbocycles. The SMILES string of the molecule is CCN(CC)C(=O)c1cccc(NC(=O)COc2ccccc2O)c1. The van der Waals surface area contributed by atoms with Crippen LogP contribution in [-0.2, 0) is 4.79 Å². The van der Waals surface area contributed by atoms with Gasteiger partial charge >= 0.3 is 0 Å². The molecule has 0 spiro atoms. The van der Waals surface area contributed by atoms with Gasteiger partial charge in [0.05, 0.1) is 0 Å². The van der Waals surface area contributed by atoms with Gasteiger partial charge in [0.15, 0.2) is 18.1 Å². The van der Waals surface area contributed by atoms with Gasteiger partial charge in [0.2, 0.25) is 0 Å². The van der Waals surface area contributed by atoms with Gasteiger partial charge < -0.3 is 20.1 Å². The molecule has 2 N–H and O–H groups in total. The quantitative estimate of drug-likeness (QED) is 0.811. The van der Waals surface area contributed by atoms with Gasteiger partial charge in [-0.3, -0.25) is 9.59 Å². The number of hydrogen-bond donors (Lipinski definition) is 2. The second-order valence-electron chi connectivity index (χ2n) is 5.36. The van der Waals surface area contributed by atoms with Crippen LogP contribution in [0.3, 0.4) is 0 Å². The number of aromatic hydroxyl groups is 1. The largest absolute Gasteiger partial charge is 0.504 e. The summed E-state index contributed by atoms with van der Waals surface area (Å²) in [5, 5.41) is 12.3. The van der Waals surface area contributed by atoms with Crippen LogP contribution in [0.15, 0.2) is 48.5 Å². The first kappa shape index (κ1) is 18.3. The monoisotopic (exact) mass is 342 g/mol. The minimum absolute atomic E-state index is 0.0258. The van der Waals surface area contributed by atoms with E-state index in [1.807, 2.05) is 13.8 Å². The van der Waals surface area contributed by atoms with E-state index in [0.717, 1.165) is 0 Å². The molecule has 0 radical (unpaired) electrons. The van der Waals surface area contributed by atoms with Crippen molar-refractivity contribution in [3.8, 4) is 11.5 Å². The molecule has 2 amide bonds. The van der Waals surface area contributed by atoms with Gasteiger partial charge in [0.25, 0.3) is 11.8 Å². The van der Waals surface area contributed by atoms with Gasteiger partial charge in [0, 0.05) is 24.3 Å². The normalized spacial score (nSPS) is 10.2. The van der Waals surface area contributed by atoms with Crippen LogP contribution in [0.2, 0.25) is 0 Å². The Bertz CT molecular complexity index is 742. The van der Waals surface area contributed by atoms with Crippen LogP contribution in [0.4, 0.5) is 5.69 Å². The van der Waals surface area contributed by atoms with Crippen molar-refractivity contribution in [2.75, 3.05) is 25.0 Å². The summed E-state index contributed by atoms with van der Waals surface area (Å²) < 4.78 is 5.28. The summed E-state index contributed by atoms with van der Waals surface area (Å²) in [5.74, 6) is -0.243. The first-order valence-electron chi connectivity index (χ1n) is 8.15. The fourth-order valence-electron chi connectivity index (χ4n) is 2.34. The first-order valence-corrected chi connectivity index (χ1v) is 8.15. The second-order valence-corrected chi connectivity index (χ2v) is 5.36. The summed E-state index contributed by atoms with van der Waals surface area (Å²) in [7, 11) is 0. The van der Waals surface area contributed by atoms with Crippen LogP contribution in [-0.4, -0.2) is 41.5 Å². The number of carbonyl (C=O) groups is 2. The average molecular weight is 342 g/mol. The lowest BCUT2D eigenvalue weighted by molar-refractivity contribution is -0.118. The zero-order valence-electron chi connectivity index (χ0n) is 14.4. The number of hydrogen-bond acceptors (Lipinski definition) is 4. The number of nitrogens with one attached hydrogen (secondary N) is 1. The molecule has 6 heteroatoms. The third-order valence-corrected chi connectivity index (χ3v) is 3.67. The van der Waals surface area contributed by atoms with E-state index in [1.165, 1.54) is 6.07 Å². The van der Waals surface area contributed by atoms with Crippen molar-refractivity contribution in [3.63, 3.8) is 0 Å². The molecule has 25 heavy (non-hydrogen) atoms. The average Bonchev–Trinajstić information content (AvgIpc) is 2.62. The topological polar surface area (TPSA) is 78.9 Å². The van der Waals surface area contributed by atoms with Crippen molar-refractivity contribution in [2.45, 2.75) is 13.8 Å². The number of anilines is 1. The van der Waals surface area contributed by atoms with Crippen LogP contribution in [0.5, 0.6) is 11.5 Å². The van der Waals surface area contributed by atoms with E-state index >= 15 is 0 Å². The molecule has 0 heterocycles. The lowest BCUT2D eigenvalue weighted by Crippen LogP contribution is -2.30. The molecular formula is C19H22N2O4. The number of nitrogens with zero attached hydrogens (tertiary/aromatic N) is 1. The molecule has 0 atom stereocenters. The Balaban J connectivity index is 1.98. The van der Waals surface area contributed by atoms with E-state index in [9.17, 15) is 14.7 Å². The molecule has 0 aliphatic heterocycles. The first-order chi connectivity index (χ1) is 12.0. The fourth-order valence-corrected chi connectivity index (χ4v) is 2.34. The summed E-state index contributed by atoms with van der Waals surface area (Å²) in [5.41, 5.74) is 1.03. The molecule has 0 saturated heterocycles. The molecule has 0 fully saturated rings. The van der Waals surface area contributed by atoms with Crippen LogP contribution >= 0.6 is 0 Å². The molecular weight excluding hydrogens is 320 g/mol. The van der Waals surface area contributed by atoms with Crippen molar-refractivity contribution in [1.29, 1.82) is 0 Å². The van der Waals surface area contributed by atoms with Crippen molar-refractivity contribution in [1.82, 2.24) is 4.90 Å². The molecule has 2 aromatic rings. The minimum atomic E-state index is -0.379. The van der Waals surface area contributed by atoms with Crippen LogP contribution in [0, 0.1) is 0 Å². The molecule has 132 valence electrons. The van der Waals surface area contributed by atoms with Crippen LogP contribution < -0.4 is 10.1 Å². The Hall–Kier alpha value is -3.02. The lowest BCUT2D eigenvalue weighted by Gasteiger charge is -2.19. The second kappa shape index (κ2) is 8.73. The minimum Gasteiger partial charge on any atom is -0.504 e. The Labute approximate surface area is 147 Å². The fraction of sp³-hybridized carbons (Fsp3) is 0.263. The maximum absolute atomic E-state index is 12.4. The predicted octanol–water partition coefficient (Wildman–Crippen LogP) is 2.89. The highest BCUT2D eigenvalue weighted by atomic mass is 16.5. The van der Waals surface area contributed by atoms with E-state index in [-0.39, 0.29) is 29.9 Å². The summed E-state index contributed by atoms with van der Waals surface area (Å²) >= 11 is 0. The number of carbonyl (C=O) groups excluding carboxylic acids is 2. The van der Waals surface area contributed by atoms with Gasteiger partial charge in [-0.05, 0) is 44.2 Å². The van der Waals surface area contributed by atoms with Crippen molar-refractivity contribution >= 4 is 17.5 Å². The van der Waals surface area contributed by atoms with Gasteiger partial charge in [-0.15, -0.1) is 0 Å². The Kier molecular flexibility index (Phi) is 6.39. The predicted molar refractivity (Wildman–Crippen MR) is 95.9 cm³/mol. The number of ether oxygens (including phenoxy) is 1. The van der Waals surface area contributed by atoms with Crippen molar-refractivity contribution in [3.05, 3.63) is 54.1 Å². The molecule has 0 aromatic heterocycles. The zero-order chi connectivity index (χ0) is 18.2. The Morgan fingerprint density at radius 3 is 2.48 bits per heavy atom. The summed E-state index contributed by atoms with van der Waals surface area (Å²) in [4.78, 5) is 26.1. The molecule has 0 bridgehead atoms. The maximum Gasteiger partial charge on any atom is 0.262 e. The zero-order valence-corrected chi connectivity index (χ0v) is 14.4. The smallest absolute Gasteiger partial charge is 0.262 e. The van der Waals surface area contributed by atoms with Crippen LogP contribution in [0.25, 0.3) is 0 Å². The summed E-state index contributed by atoms with van der Waals surface area (Å²) in [6, 6.07) is 13.2. The van der Waals surface area contributed by atoms with E-state index in [2.05, 4.69) is 5.32 Å². The van der Waals surface area contributed by atoms with Crippen molar-refractivity contribution in [2.24, 2.45) is 0 Å². The number of phenols is 1. The Morgan fingerprint density at radius 2 is 1.80 bits per heavy atom. The third kappa shape index (κ3) is 4.97. The molecule has 2 rings (SSSR count). The number of rotatable bonds is 7. The molecule has 0 unspecified atom stereocenters. The Morgan fingerprint density at radius 1 is 1.08 bits per heavy atom. The third-order valence-electron chi connectivity index (χ3n) is 3.67. The summed E-state index contributed by atoms with van der Waals surface area (Å²) in [6.07, 6.45) is 0. The standard InChI is InChI=1S/C19H22N2O4/c1-3-21(4-2)19(24)14-8-7-9-15(12-14)20-18(23)13-25-17-11-6-5-10-16(17)22/h5-12,22H,3-4,13H2,1-2H3,(H,20,23). The highest BCUT2D eigenvalue weighted by Gasteiger charge is 2.13. The maximum atomic E-state index is 12.4. The van der Waals surface area contributed by atoms with Gasteiger partial charge in [0.1, 0.15) is 0 Å². The molecule has 2 aromatic carbocycles.